The predicted octanol–water partition coefficient (Wildman–Crippen LogP) is 4.10. The zero-order chi connectivity index (χ0) is 19.0. The van der Waals surface area contributed by atoms with Crippen LogP contribution in [0.15, 0.2) is 36.4 Å². The normalized spacial score (nSPS) is 16.8. The number of rotatable bonds is 5. The number of fused-ring (bicyclic) bond motifs is 1. The van der Waals surface area contributed by atoms with Crippen molar-refractivity contribution in [3.63, 3.8) is 0 Å². The van der Waals surface area contributed by atoms with E-state index in [1.807, 2.05) is 36.4 Å². The topological polar surface area (TPSA) is 60.9 Å². The fourth-order valence-corrected chi connectivity index (χ4v) is 5.37. The Morgan fingerprint density at radius 1 is 1.11 bits per heavy atom. The summed E-state index contributed by atoms with van der Waals surface area (Å²) in [5, 5.41) is 0.452. The second kappa shape index (κ2) is 7.28. The molecule has 2 aromatic carbocycles. The van der Waals surface area contributed by atoms with Crippen LogP contribution in [0.1, 0.15) is 10.9 Å². The summed E-state index contributed by atoms with van der Waals surface area (Å²) >= 11 is 3.03. The van der Waals surface area contributed by atoms with Crippen molar-refractivity contribution in [2.75, 3.05) is 32.0 Å². The van der Waals surface area contributed by atoms with Gasteiger partial charge in [0.25, 0.3) is 0 Å². The smallest absolute Gasteiger partial charge is 0.240 e. The molecule has 2 heterocycles. The van der Waals surface area contributed by atoms with Gasteiger partial charge in [-0.1, -0.05) is 23.5 Å². The number of carbonyl (C=O) groups excluding carboxylic acids is 1. The molecule has 1 amide bonds. The van der Waals surface area contributed by atoms with Crippen LogP contribution < -0.4 is 19.1 Å². The van der Waals surface area contributed by atoms with E-state index in [0.717, 1.165) is 21.5 Å². The van der Waals surface area contributed by atoms with Gasteiger partial charge in [-0.25, -0.2) is 4.98 Å². The summed E-state index contributed by atoms with van der Waals surface area (Å²) in [5.41, 5.74) is 1.74. The second-order valence-electron chi connectivity index (χ2n) is 5.84. The number of carbonyl (C=O) groups is 1. The number of benzene rings is 2. The minimum atomic E-state index is -0.218. The molecule has 0 aliphatic carbocycles. The first-order valence-electron chi connectivity index (χ1n) is 8.25. The molecule has 1 atom stereocenters. The summed E-state index contributed by atoms with van der Waals surface area (Å²) in [6.45, 7) is 0. The molecule has 0 radical (unpaired) electrons. The standard InChI is InChI=1S/C19H18N2O4S2/c1-23-11-7-8-13-15(9-11)27-19(20-13)21-16(22)10-26-18(21)12-5-4-6-14(24-2)17(12)25-3/h4-9,18H,10H2,1-3H3. The van der Waals surface area contributed by atoms with Gasteiger partial charge in [0.2, 0.25) is 5.91 Å². The molecule has 0 N–H and O–H groups in total. The molecular formula is C19H18N2O4S2. The first-order valence-corrected chi connectivity index (χ1v) is 10.1. The third-order valence-electron chi connectivity index (χ3n) is 4.36. The first kappa shape index (κ1) is 17.9. The number of aromatic nitrogens is 1. The van der Waals surface area contributed by atoms with E-state index in [2.05, 4.69) is 4.98 Å². The summed E-state index contributed by atoms with van der Waals surface area (Å²) in [6, 6.07) is 11.4. The van der Waals surface area contributed by atoms with Crippen LogP contribution in [-0.2, 0) is 4.79 Å². The Kier molecular flexibility index (Phi) is 4.84. The molecule has 0 bridgehead atoms. The van der Waals surface area contributed by atoms with Crippen molar-refractivity contribution in [1.82, 2.24) is 4.98 Å². The van der Waals surface area contributed by atoms with Crippen LogP contribution >= 0.6 is 23.1 Å². The molecule has 1 aromatic heterocycles. The Morgan fingerprint density at radius 3 is 2.70 bits per heavy atom. The number of nitrogens with zero attached hydrogens (tertiary/aromatic N) is 2. The summed E-state index contributed by atoms with van der Waals surface area (Å²) < 4.78 is 17.3. The molecule has 0 saturated carbocycles. The van der Waals surface area contributed by atoms with Gasteiger partial charge in [0.1, 0.15) is 11.1 Å². The average molecular weight is 402 g/mol. The van der Waals surface area contributed by atoms with Gasteiger partial charge in [-0.2, -0.15) is 0 Å². The second-order valence-corrected chi connectivity index (χ2v) is 7.92. The third-order valence-corrected chi connectivity index (χ3v) is 6.57. The van der Waals surface area contributed by atoms with Crippen molar-refractivity contribution in [3.8, 4) is 17.2 Å². The van der Waals surface area contributed by atoms with Crippen LogP contribution in [0.5, 0.6) is 17.2 Å². The highest BCUT2D eigenvalue weighted by molar-refractivity contribution is 8.00. The van der Waals surface area contributed by atoms with Crippen LogP contribution in [0.2, 0.25) is 0 Å². The van der Waals surface area contributed by atoms with Gasteiger partial charge in [-0.15, -0.1) is 11.8 Å². The fraction of sp³-hybridized carbons (Fsp3) is 0.263. The highest BCUT2D eigenvalue weighted by Crippen LogP contribution is 2.48. The van der Waals surface area contributed by atoms with Crippen LogP contribution in [0, 0.1) is 0 Å². The Morgan fingerprint density at radius 2 is 1.96 bits per heavy atom. The van der Waals surface area contributed by atoms with Crippen LogP contribution in [0.4, 0.5) is 5.13 Å². The summed E-state index contributed by atoms with van der Waals surface area (Å²) in [4.78, 5) is 19.1. The number of methoxy groups -OCH3 is 3. The van der Waals surface area contributed by atoms with Crippen LogP contribution in [-0.4, -0.2) is 38.0 Å². The van der Waals surface area contributed by atoms with E-state index in [1.54, 1.807) is 38.0 Å². The monoisotopic (exact) mass is 402 g/mol. The van der Waals surface area contributed by atoms with E-state index in [9.17, 15) is 4.79 Å². The molecule has 1 aliphatic rings. The van der Waals surface area contributed by atoms with Gasteiger partial charge >= 0.3 is 0 Å². The zero-order valence-corrected chi connectivity index (χ0v) is 16.7. The van der Waals surface area contributed by atoms with Gasteiger partial charge in [-0.05, 0) is 24.3 Å². The molecule has 6 nitrogen and oxygen atoms in total. The molecule has 4 rings (SSSR count). The van der Waals surface area contributed by atoms with E-state index in [1.165, 1.54) is 11.3 Å². The van der Waals surface area contributed by atoms with Crippen LogP contribution in [0.25, 0.3) is 10.2 Å². The summed E-state index contributed by atoms with van der Waals surface area (Å²) in [6.07, 6.45) is 0. The summed E-state index contributed by atoms with van der Waals surface area (Å²) in [7, 11) is 4.85. The molecule has 1 aliphatic heterocycles. The third kappa shape index (κ3) is 3.08. The van der Waals surface area contributed by atoms with E-state index < -0.39 is 0 Å². The van der Waals surface area contributed by atoms with Gasteiger partial charge < -0.3 is 14.2 Å². The number of para-hydroxylation sites is 1. The molecule has 27 heavy (non-hydrogen) atoms. The van der Waals surface area contributed by atoms with Crippen molar-refractivity contribution in [2.24, 2.45) is 0 Å². The lowest BCUT2D eigenvalue weighted by molar-refractivity contribution is -0.115. The number of anilines is 1. The van der Waals surface area contributed by atoms with Crippen molar-refractivity contribution >= 4 is 44.4 Å². The maximum atomic E-state index is 12.7. The molecular weight excluding hydrogens is 384 g/mol. The zero-order valence-electron chi connectivity index (χ0n) is 15.1. The molecule has 0 spiro atoms. The summed E-state index contributed by atoms with van der Waals surface area (Å²) in [5.74, 6) is 2.47. The molecule has 3 aromatic rings. The number of thioether (sulfide) groups is 1. The number of hydrogen-bond donors (Lipinski definition) is 0. The quantitative estimate of drug-likeness (QED) is 0.640. The molecule has 1 unspecified atom stereocenters. The Balaban J connectivity index is 1.79. The minimum absolute atomic E-state index is 0.0286. The van der Waals surface area contributed by atoms with E-state index in [-0.39, 0.29) is 11.3 Å². The van der Waals surface area contributed by atoms with Crippen molar-refractivity contribution in [2.45, 2.75) is 5.37 Å². The first-order chi connectivity index (χ1) is 13.2. The Bertz CT molecular complexity index is 1000. The predicted molar refractivity (Wildman–Crippen MR) is 108 cm³/mol. The maximum Gasteiger partial charge on any atom is 0.240 e. The number of hydrogen-bond acceptors (Lipinski definition) is 7. The van der Waals surface area contributed by atoms with E-state index >= 15 is 0 Å². The minimum Gasteiger partial charge on any atom is -0.497 e. The van der Waals surface area contributed by atoms with Crippen LogP contribution in [0.3, 0.4) is 0 Å². The largest absolute Gasteiger partial charge is 0.497 e. The number of ether oxygens (including phenoxy) is 3. The van der Waals surface area contributed by atoms with E-state index in [0.29, 0.717) is 22.4 Å². The molecule has 8 heteroatoms. The SMILES string of the molecule is COc1ccc2nc(N3C(=O)CSC3c3cccc(OC)c3OC)sc2c1. The number of amides is 1. The lowest BCUT2D eigenvalue weighted by Gasteiger charge is -2.23. The number of thiazole rings is 1. The van der Waals surface area contributed by atoms with Crippen molar-refractivity contribution in [3.05, 3.63) is 42.0 Å². The van der Waals surface area contributed by atoms with Gasteiger partial charge in [-0.3, -0.25) is 9.69 Å². The molecule has 1 saturated heterocycles. The molecule has 1 fully saturated rings. The molecule has 140 valence electrons. The van der Waals surface area contributed by atoms with E-state index in [4.69, 9.17) is 14.2 Å². The van der Waals surface area contributed by atoms with Gasteiger partial charge in [0.15, 0.2) is 16.6 Å². The van der Waals surface area contributed by atoms with Gasteiger partial charge in [0, 0.05) is 5.56 Å². The highest BCUT2D eigenvalue weighted by atomic mass is 32.2. The maximum absolute atomic E-state index is 12.7. The lowest BCUT2D eigenvalue weighted by atomic mass is 10.1. The van der Waals surface area contributed by atoms with Gasteiger partial charge in [0.05, 0.1) is 37.3 Å². The highest BCUT2D eigenvalue weighted by Gasteiger charge is 2.38. The fourth-order valence-electron chi connectivity index (χ4n) is 3.09. The Hall–Kier alpha value is -2.45. The van der Waals surface area contributed by atoms with Crippen molar-refractivity contribution < 1.29 is 19.0 Å². The Labute approximate surface area is 165 Å². The lowest BCUT2D eigenvalue weighted by Crippen LogP contribution is -2.27. The average Bonchev–Trinajstić information content (AvgIpc) is 3.29. The van der Waals surface area contributed by atoms with Crippen molar-refractivity contribution in [1.29, 1.82) is 0 Å².